The standard InChI is InChI=1S/C10H11F6NO.CH2O2/c11-6-1-2-17(3-6)7(18)8(10(14,15)16)4-9(12,13)5-8;2-1-3/h6H,1-5H2;1H,(H,2,3). The Bertz CT molecular complexity index is 403. The number of halogens is 6. The fourth-order valence-corrected chi connectivity index (χ4v) is 2.51. The van der Waals surface area contributed by atoms with Crippen LogP contribution in [0, 0.1) is 5.41 Å². The average Bonchev–Trinajstić information content (AvgIpc) is 2.70. The Morgan fingerprint density at radius 2 is 1.76 bits per heavy atom. The number of rotatable bonds is 1. The monoisotopic (exact) mass is 321 g/mol. The van der Waals surface area contributed by atoms with E-state index in [1.54, 1.807) is 0 Å². The molecule has 1 atom stereocenters. The number of nitrogens with zero attached hydrogens (tertiary/aromatic N) is 1. The normalized spacial score (nSPS) is 26.4. The summed E-state index contributed by atoms with van der Waals surface area (Å²) in [5.41, 5.74) is -3.03. The van der Waals surface area contributed by atoms with E-state index in [4.69, 9.17) is 9.90 Å². The van der Waals surface area contributed by atoms with Crippen LogP contribution in [0.4, 0.5) is 26.3 Å². The van der Waals surface area contributed by atoms with Gasteiger partial charge in [-0.1, -0.05) is 0 Å². The summed E-state index contributed by atoms with van der Waals surface area (Å²) in [4.78, 5) is 20.8. The largest absolute Gasteiger partial charge is 0.483 e. The topological polar surface area (TPSA) is 57.6 Å². The van der Waals surface area contributed by atoms with Gasteiger partial charge in [0.2, 0.25) is 5.91 Å². The lowest BCUT2D eigenvalue weighted by atomic mass is 9.64. The van der Waals surface area contributed by atoms with Crippen molar-refractivity contribution in [1.29, 1.82) is 0 Å². The van der Waals surface area contributed by atoms with E-state index in [1.807, 2.05) is 0 Å². The predicted octanol–water partition coefficient (Wildman–Crippen LogP) is 2.24. The summed E-state index contributed by atoms with van der Waals surface area (Å²) in [6.07, 6.45) is -9.51. The second-order valence-corrected chi connectivity index (χ2v) is 5.03. The first-order valence-corrected chi connectivity index (χ1v) is 5.95. The molecular formula is C11H13F6NO3. The lowest BCUT2D eigenvalue weighted by Gasteiger charge is -2.47. The molecule has 1 saturated heterocycles. The van der Waals surface area contributed by atoms with Crippen LogP contribution >= 0.6 is 0 Å². The van der Waals surface area contributed by atoms with Gasteiger partial charge in [-0.2, -0.15) is 13.2 Å². The van der Waals surface area contributed by atoms with Gasteiger partial charge in [-0.3, -0.25) is 9.59 Å². The van der Waals surface area contributed by atoms with Crippen molar-refractivity contribution in [1.82, 2.24) is 4.90 Å². The number of hydrogen-bond donors (Lipinski definition) is 1. The zero-order chi connectivity index (χ0) is 16.5. The first-order valence-electron chi connectivity index (χ1n) is 5.95. The summed E-state index contributed by atoms with van der Waals surface area (Å²) >= 11 is 0. The third-order valence-electron chi connectivity index (χ3n) is 3.49. The van der Waals surface area contributed by atoms with E-state index in [0.717, 1.165) is 0 Å². The Balaban J connectivity index is 0.000000677. The lowest BCUT2D eigenvalue weighted by Crippen LogP contribution is -2.62. The Kier molecular flexibility index (Phi) is 4.79. The third-order valence-corrected chi connectivity index (χ3v) is 3.49. The number of likely N-dealkylation sites (tertiary alicyclic amines) is 1. The van der Waals surface area contributed by atoms with Crippen molar-refractivity contribution >= 4 is 12.4 Å². The van der Waals surface area contributed by atoms with Crippen LogP contribution in [0.5, 0.6) is 0 Å². The summed E-state index contributed by atoms with van der Waals surface area (Å²) in [7, 11) is 0. The molecule has 1 aliphatic carbocycles. The zero-order valence-corrected chi connectivity index (χ0v) is 10.7. The SMILES string of the molecule is O=C(N1CCC(F)C1)C1(C(F)(F)F)CC(F)(F)C1.O=CO. The van der Waals surface area contributed by atoms with Crippen molar-refractivity contribution in [2.24, 2.45) is 5.41 Å². The molecule has 1 saturated carbocycles. The second kappa shape index (κ2) is 5.72. The summed E-state index contributed by atoms with van der Waals surface area (Å²) in [6, 6.07) is 0. The smallest absolute Gasteiger partial charge is 0.403 e. The van der Waals surface area contributed by atoms with Gasteiger partial charge in [-0.05, 0) is 6.42 Å². The molecule has 2 rings (SSSR count). The molecule has 1 N–H and O–H groups in total. The highest BCUT2D eigenvalue weighted by molar-refractivity contribution is 5.85. The van der Waals surface area contributed by atoms with Gasteiger partial charge in [0.05, 0.1) is 6.54 Å². The molecule has 0 aromatic rings. The van der Waals surface area contributed by atoms with Gasteiger partial charge < -0.3 is 10.0 Å². The maximum atomic E-state index is 12.9. The number of hydrogen-bond acceptors (Lipinski definition) is 2. The van der Waals surface area contributed by atoms with Gasteiger partial charge in [0.25, 0.3) is 12.4 Å². The minimum Gasteiger partial charge on any atom is -0.483 e. The fraction of sp³-hybridized carbons (Fsp3) is 0.818. The van der Waals surface area contributed by atoms with E-state index in [2.05, 4.69) is 0 Å². The molecule has 4 nitrogen and oxygen atoms in total. The van der Waals surface area contributed by atoms with Gasteiger partial charge in [0.15, 0.2) is 5.41 Å². The van der Waals surface area contributed by atoms with Crippen molar-refractivity contribution in [3.8, 4) is 0 Å². The van der Waals surface area contributed by atoms with Crippen molar-refractivity contribution in [2.45, 2.75) is 37.5 Å². The highest BCUT2D eigenvalue weighted by atomic mass is 19.4. The number of carbonyl (C=O) groups excluding carboxylic acids is 1. The van der Waals surface area contributed by atoms with E-state index >= 15 is 0 Å². The quantitative estimate of drug-likeness (QED) is 0.595. The Morgan fingerprint density at radius 1 is 1.29 bits per heavy atom. The van der Waals surface area contributed by atoms with Crippen LogP contribution in [0.1, 0.15) is 19.3 Å². The van der Waals surface area contributed by atoms with Crippen LogP contribution in [0.25, 0.3) is 0 Å². The van der Waals surface area contributed by atoms with E-state index in [-0.39, 0.29) is 19.4 Å². The van der Waals surface area contributed by atoms with Crippen molar-refractivity contribution < 1.29 is 41.0 Å². The van der Waals surface area contributed by atoms with E-state index in [0.29, 0.717) is 4.90 Å². The summed E-state index contributed by atoms with van der Waals surface area (Å²) in [5.74, 6) is -4.89. The number of carboxylic acid groups (broad SMARTS) is 1. The predicted molar refractivity (Wildman–Crippen MR) is 57.5 cm³/mol. The van der Waals surface area contributed by atoms with E-state index < -0.39 is 49.0 Å². The van der Waals surface area contributed by atoms with Gasteiger partial charge in [-0.15, -0.1) is 0 Å². The van der Waals surface area contributed by atoms with E-state index in [1.165, 1.54) is 0 Å². The Labute approximate surface area is 115 Å². The first-order chi connectivity index (χ1) is 9.49. The van der Waals surface area contributed by atoms with Crippen LogP contribution < -0.4 is 0 Å². The molecule has 0 bridgehead atoms. The van der Waals surface area contributed by atoms with Gasteiger partial charge in [-0.25, -0.2) is 13.2 Å². The highest BCUT2D eigenvalue weighted by Gasteiger charge is 2.74. The molecule has 1 amide bonds. The molecule has 122 valence electrons. The van der Waals surface area contributed by atoms with Crippen molar-refractivity contribution in [2.75, 3.05) is 13.1 Å². The Morgan fingerprint density at radius 3 is 2.05 bits per heavy atom. The molecule has 0 aromatic carbocycles. The van der Waals surface area contributed by atoms with Gasteiger partial charge in [0, 0.05) is 19.4 Å². The van der Waals surface area contributed by atoms with E-state index in [9.17, 15) is 31.1 Å². The molecular weight excluding hydrogens is 308 g/mol. The van der Waals surface area contributed by atoms with Gasteiger partial charge >= 0.3 is 6.18 Å². The van der Waals surface area contributed by atoms with Gasteiger partial charge in [0.1, 0.15) is 6.17 Å². The highest BCUT2D eigenvalue weighted by Crippen LogP contribution is 2.61. The molecule has 0 aromatic heterocycles. The fourth-order valence-electron chi connectivity index (χ4n) is 2.51. The summed E-state index contributed by atoms with van der Waals surface area (Å²) < 4.78 is 76.8. The third kappa shape index (κ3) is 3.41. The lowest BCUT2D eigenvalue weighted by molar-refractivity contribution is -0.299. The van der Waals surface area contributed by atoms with Crippen LogP contribution in [-0.2, 0) is 9.59 Å². The molecule has 0 radical (unpaired) electrons. The molecule has 1 aliphatic heterocycles. The summed E-state index contributed by atoms with van der Waals surface area (Å²) in [6.45, 7) is -0.842. The van der Waals surface area contributed by atoms with Crippen molar-refractivity contribution in [3.05, 3.63) is 0 Å². The molecule has 2 fully saturated rings. The number of carbonyl (C=O) groups is 2. The maximum Gasteiger partial charge on any atom is 0.403 e. The minimum absolute atomic E-state index is 0.0456. The van der Waals surface area contributed by atoms with Crippen LogP contribution in [-0.4, -0.2) is 53.7 Å². The van der Waals surface area contributed by atoms with Crippen molar-refractivity contribution in [3.63, 3.8) is 0 Å². The van der Waals surface area contributed by atoms with Crippen LogP contribution in [0.15, 0.2) is 0 Å². The average molecular weight is 321 g/mol. The molecule has 1 heterocycles. The number of amides is 1. The molecule has 21 heavy (non-hydrogen) atoms. The molecule has 10 heteroatoms. The second-order valence-electron chi connectivity index (χ2n) is 5.03. The Hall–Kier alpha value is -1.48. The first kappa shape index (κ1) is 17.6. The molecule has 2 aliphatic rings. The van der Waals surface area contributed by atoms with Crippen LogP contribution in [0.2, 0.25) is 0 Å². The molecule has 0 spiro atoms. The van der Waals surface area contributed by atoms with Crippen LogP contribution in [0.3, 0.4) is 0 Å². The zero-order valence-electron chi connectivity index (χ0n) is 10.7. The minimum atomic E-state index is -5.03. The molecule has 1 unspecified atom stereocenters. The summed E-state index contributed by atoms with van der Waals surface area (Å²) in [5, 5.41) is 6.89. The number of alkyl halides is 6. The maximum absolute atomic E-state index is 12.9.